The Morgan fingerprint density at radius 3 is 2.84 bits per heavy atom. The number of fused-ring (bicyclic) bond motifs is 1. The first kappa shape index (κ1) is 22.8. The van der Waals surface area contributed by atoms with E-state index in [2.05, 4.69) is 25.8 Å². The molecule has 0 fully saturated rings. The summed E-state index contributed by atoms with van der Waals surface area (Å²) in [6.07, 6.45) is 2.27. The summed E-state index contributed by atoms with van der Waals surface area (Å²) in [6, 6.07) is 5.78. The molecule has 1 aliphatic rings. The SMILES string of the molecule is COCCOCCCN=C(NCCc1nc(C)no1)Nc1ccc2c(c1)OCCCO2. The van der Waals surface area contributed by atoms with E-state index in [9.17, 15) is 0 Å². The topological polar surface area (TPSA) is 112 Å². The van der Waals surface area contributed by atoms with Gasteiger partial charge in [-0.3, -0.25) is 4.99 Å². The van der Waals surface area contributed by atoms with Gasteiger partial charge in [0.2, 0.25) is 5.89 Å². The van der Waals surface area contributed by atoms with Crippen molar-refractivity contribution in [2.24, 2.45) is 4.99 Å². The first-order valence-electron chi connectivity index (χ1n) is 10.6. The van der Waals surface area contributed by atoms with Gasteiger partial charge in [-0.2, -0.15) is 4.98 Å². The van der Waals surface area contributed by atoms with E-state index in [-0.39, 0.29) is 0 Å². The quantitative estimate of drug-likeness (QED) is 0.313. The molecule has 0 amide bonds. The molecule has 0 radical (unpaired) electrons. The molecule has 170 valence electrons. The van der Waals surface area contributed by atoms with Gasteiger partial charge in [0, 0.05) is 51.4 Å². The Kier molecular flexibility index (Phi) is 9.39. The molecule has 0 unspecified atom stereocenters. The predicted molar refractivity (Wildman–Crippen MR) is 116 cm³/mol. The number of aliphatic imine (C=N–C) groups is 1. The third kappa shape index (κ3) is 8.06. The van der Waals surface area contributed by atoms with Gasteiger partial charge in [0.15, 0.2) is 23.3 Å². The summed E-state index contributed by atoms with van der Waals surface area (Å²) in [5, 5.41) is 10.4. The zero-order chi connectivity index (χ0) is 21.7. The fourth-order valence-electron chi connectivity index (χ4n) is 2.85. The number of aromatic nitrogens is 2. The van der Waals surface area contributed by atoms with E-state index in [0.29, 0.717) is 70.2 Å². The van der Waals surface area contributed by atoms with Crippen molar-refractivity contribution in [2.75, 3.05) is 58.6 Å². The number of benzene rings is 1. The van der Waals surface area contributed by atoms with Crippen molar-refractivity contribution in [1.29, 1.82) is 0 Å². The van der Waals surface area contributed by atoms with Crippen molar-refractivity contribution >= 4 is 11.6 Å². The highest BCUT2D eigenvalue weighted by molar-refractivity contribution is 5.93. The highest BCUT2D eigenvalue weighted by Crippen LogP contribution is 2.32. The molecule has 0 saturated heterocycles. The molecule has 0 saturated carbocycles. The van der Waals surface area contributed by atoms with Gasteiger partial charge in [0.05, 0.1) is 26.4 Å². The third-order valence-electron chi connectivity index (χ3n) is 4.36. The fraction of sp³-hybridized carbons (Fsp3) is 0.571. The second-order valence-electron chi connectivity index (χ2n) is 6.94. The Hall–Kier alpha value is -2.85. The van der Waals surface area contributed by atoms with E-state index < -0.39 is 0 Å². The molecule has 31 heavy (non-hydrogen) atoms. The van der Waals surface area contributed by atoms with Gasteiger partial charge in [-0.25, -0.2) is 0 Å². The maximum absolute atomic E-state index is 5.78. The van der Waals surface area contributed by atoms with Crippen LogP contribution in [-0.4, -0.2) is 69.3 Å². The lowest BCUT2D eigenvalue weighted by Gasteiger charge is -2.14. The van der Waals surface area contributed by atoms with Gasteiger partial charge >= 0.3 is 0 Å². The van der Waals surface area contributed by atoms with Crippen LogP contribution in [0.5, 0.6) is 11.5 Å². The number of nitrogens with one attached hydrogen (secondary N) is 2. The van der Waals surface area contributed by atoms with E-state index >= 15 is 0 Å². The molecule has 0 bridgehead atoms. The Morgan fingerprint density at radius 2 is 2.03 bits per heavy atom. The number of hydrogen-bond acceptors (Lipinski definition) is 8. The molecular weight excluding hydrogens is 402 g/mol. The second kappa shape index (κ2) is 12.8. The van der Waals surface area contributed by atoms with Crippen molar-refractivity contribution < 1.29 is 23.5 Å². The number of guanidine groups is 1. The molecule has 3 rings (SSSR count). The minimum atomic E-state index is 0.588. The zero-order valence-electron chi connectivity index (χ0n) is 18.2. The van der Waals surface area contributed by atoms with E-state index in [4.69, 9.17) is 23.5 Å². The van der Waals surface area contributed by atoms with Gasteiger partial charge in [-0.1, -0.05) is 5.16 Å². The van der Waals surface area contributed by atoms with Crippen molar-refractivity contribution in [3.05, 3.63) is 29.9 Å². The highest BCUT2D eigenvalue weighted by Gasteiger charge is 2.12. The average Bonchev–Trinajstić information content (AvgIpc) is 3.04. The lowest BCUT2D eigenvalue weighted by atomic mass is 10.2. The van der Waals surface area contributed by atoms with E-state index in [1.54, 1.807) is 14.0 Å². The summed E-state index contributed by atoms with van der Waals surface area (Å²) in [4.78, 5) is 8.87. The fourth-order valence-corrected chi connectivity index (χ4v) is 2.85. The number of methoxy groups -OCH3 is 1. The lowest BCUT2D eigenvalue weighted by molar-refractivity contribution is 0.0702. The smallest absolute Gasteiger partial charge is 0.228 e. The Balaban J connectivity index is 1.56. The van der Waals surface area contributed by atoms with Crippen LogP contribution >= 0.6 is 0 Å². The molecule has 2 heterocycles. The summed E-state index contributed by atoms with van der Waals surface area (Å²) < 4.78 is 27.1. The van der Waals surface area contributed by atoms with Crippen LogP contribution in [0.3, 0.4) is 0 Å². The summed E-state index contributed by atoms with van der Waals surface area (Å²) in [5.41, 5.74) is 0.862. The number of nitrogens with zero attached hydrogens (tertiary/aromatic N) is 3. The summed E-state index contributed by atoms with van der Waals surface area (Å²) in [5.74, 6) is 3.36. The van der Waals surface area contributed by atoms with Gasteiger partial charge in [-0.05, 0) is 25.5 Å². The first-order chi connectivity index (χ1) is 15.2. The minimum absolute atomic E-state index is 0.588. The van der Waals surface area contributed by atoms with Crippen LogP contribution in [0.4, 0.5) is 5.69 Å². The van der Waals surface area contributed by atoms with Crippen LogP contribution in [-0.2, 0) is 15.9 Å². The Labute approximate surface area is 182 Å². The number of anilines is 1. The number of ether oxygens (including phenoxy) is 4. The monoisotopic (exact) mass is 433 g/mol. The number of aryl methyl sites for hydroxylation is 1. The van der Waals surface area contributed by atoms with Crippen LogP contribution in [0.25, 0.3) is 0 Å². The molecule has 1 aromatic heterocycles. The third-order valence-corrected chi connectivity index (χ3v) is 4.36. The molecular formula is C21H31N5O5. The molecule has 2 aromatic rings. The number of rotatable bonds is 11. The van der Waals surface area contributed by atoms with Crippen LogP contribution in [0.1, 0.15) is 24.6 Å². The van der Waals surface area contributed by atoms with Gasteiger partial charge in [-0.15, -0.1) is 0 Å². The first-order valence-corrected chi connectivity index (χ1v) is 10.6. The maximum atomic E-state index is 5.78. The van der Waals surface area contributed by atoms with E-state index in [1.807, 2.05) is 18.2 Å². The lowest BCUT2D eigenvalue weighted by Crippen LogP contribution is -2.32. The normalized spacial score (nSPS) is 13.7. The van der Waals surface area contributed by atoms with Crippen LogP contribution < -0.4 is 20.1 Å². The predicted octanol–water partition coefficient (Wildman–Crippen LogP) is 2.19. The van der Waals surface area contributed by atoms with Crippen molar-refractivity contribution in [2.45, 2.75) is 26.2 Å². The van der Waals surface area contributed by atoms with Gasteiger partial charge < -0.3 is 34.1 Å². The molecule has 0 atom stereocenters. The summed E-state index contributed by atoms with van der Waals surface area (Å²) >= 11 is 0. The zero-order valence-corrected chi connectivity index (χ0v) is 18.2. The van der Waals surface area contributed by atoms with Gasteiger partial charge in [0.25, 0.3) is 0 Å². The second-order valence-corrected chi connectivity index (χ2v) is 6.94. The molecule has 10 nitrogen and oxygen atoms in total. The average molecular weight is 434 g/mol. The molecule has 1 aromatic carbocycles. The maximum Gasteiger partial charge on any atom is 0.228 e. The Bertz CT molecular complexity index is 826. The summed E-state index contributed by atoms with van der Waals surface area (Å²) in [7, 11) is 1.66. The van der Waals surface area contributed by atoms with E-state index in [0.717, 1.165) is 30.0 Å². The van der Waals surface area contributed by atoms with Crippen molar-refractivity contribution in [3.63, 3.8) is 0 Å². The minimum Gasteiger partial charge on any atom is -0.490 e. The van der Waals surface area contributed by atoms with Crippen LogP contribution in [0, 0.1) is 6.92 Å². The molecule has 0 aliphatic carbocycles. The highest BCUT2D eigenvalue weighted by atomic mass is 16.5. The Morgan fingerprint density at radius 1 is 1.16 bits per heavy atom. The van der Waals surface area contributed by atoms with Crippen molar-refractivity contribution in [1.82, 2.24) is 15.5 Å². The number of hydrogen-bond donors (Lipinski definition) is 2. The summed E-state index contributed by atoms with van der Waals surface area (Å²) in [6.45, 7) is 6.13. The van der Waals surface area contributed by atoms with E-state index in [1.165, 1.54) is 0 Å². The molecule has 0 spiro atoms. The molecule has 1 aliphatic heterocycles. The van der Waals surface area contributed by atoms with Crippen LogP contribution in [0.2, 0.25) is 0 Å². The van der Waals surface area contributed by atoms with Crippen molar-refractivity contribution in [3.8, 4) is 11.5 Å². The molecule has 2 N–H and O–H groups in total. The standard InChI is InChI=1S/C21H31N5O5/c1-16-24-20(31-26-16)7-9-23-21(22-8-3-10-28-14-13-27-2)25-17-5-6-18-19(15-17)30-12-4-11-29-18/h5-6,15H,3-4,7-14H2,1-2H3,(H2,22,23,25). The largest absolute Gasteiger partial charge is 0.490 e. The van der Waals surface area contributed by atoms with Gasteiger partial charge in [0.1, 0.15) is 0 Å². The molecule has 10 heteroatoms. The van der Waals surface area contributed by atoms with Crippen LogP contribution in [0.15, 0.2) is 27.7 Å².